The number of amides is 1. The van der Waals surface area contributed by atoms with Crippen molar-refractivity contribution < 1.29 is 4.79 Å². The van der Waals surface area contributed by atoms with Crippen molar-refractivity contribution in [2.24, 2.45) is 10.8 Å². The first kappa shape index (κ1) is 5.87. The van der Waals surface area contributed by atoms with E-state index in [-0.39, 0.29) is 6.54 Å². The Bertz CT molecular complexity index is 190. The van der Waals surface area contributed by atoms with Crippen molar-refractivity contribution in [3.05, 3.63) is 10.4 Å². The van der Waals surface area contributed by atoms with Crippen LogP contribution in [0.5, 0.6) is 0 Å². The van der Waals surface area contributed by atoms with E-state index in [0.29, 0.717) is 0 Å². The van der Waals surface area contributed by atoms with E-state index < -0.39 is 11.6 Å². The Morgan fingerprint density at radius 3 is 2.78 bits per heavy atom. The molecule has 1 saturated heterocycles. The van der Waals surface area contributed by atoms with Crippen LogP contribution in [0.2, 0.25) is 0 Å². The summed E-state index contributed by atoms with van der Waals surface area (Å²) < 4.78 is 0. The lowest BCUT2D eigenvalue weighted by Crippen LogP contribution is -2.68. The summed E-state index contributed by atoms with van der Waals surface area (Å²) >= 11 is 0. The lowest BCUT2D eigenvalue weighted by molar-refractivity contribution is -0.132. The van der Waals surface area contributed by atoms with Gasteiger partial charge in [-0.2, -0.15) is 0 Å². The largest absolute Gasteiger partial charge is 0.352 e. The predicted molar refractivity (Wildman–Crippen MR) is 29.1 cm³/mol. The average molecular weight is 127 g/mol. The number of rotatable bonds is 1. The minimum absolute atomic E-state index is 0.232. The molecule has 0 aromatic rings. The SMILES string of the molecule is [N-]=[N+]=N[C@@]1(N)CNC1=O. The minimum atomic E-state index is -1.31. The molecule has 1 aliphatic rings. The van der Waals surface area contributed by atoms with Gasteiger partial charge in [0.05, 0.1) is 6.54 Å². The molecule has 3 N–H and O–H groups in total. The normalized spacial score (nSPS) is 31.9. The van der Waals surface area contributed by atoms with Crippen LogP contribution < -0.4 is 11.1 Å². The Balaban J connectivity index is 2.75. The lowest BCUT2D eigenvalue weighted by Gasteiger charge is -2.31. The molecule has 1 rings (SSSR count). The van der Waals surface area contributed by atoms with E-state index in [9.17, 15) is 4.79 Å². The molecule has 1 aliphatic heterocycles. The molecule has 0 radical (unpaired) electrons. The van der Waals surface area contributed by atoms with Gasteiger partial charge >= 0.3 is 0 Å². The number of hydrogen-bond acceptors (Lipinski definition) is 3. The number of nitrogens with two attached hydrogens (primary N) is 1. The Morgan fingerprint density at radius 1 is 2.00 bits per heavy atom. The van der Waals surface area contributed by atoms with Crippen LogP contribution in [0.25, 0.3) is 10.4 Å². The summed E-state index contributed by atoms with van der Waals surface area (Å²) in [6.45, 7) is 0.232. The highest BCUT2D eigenvalue weighted by Gasteiger charge is 2.41. The van der Waals surface area contributed by atoms with Crippen LogP contribution in [0.4, 0.5) is 0 Å². The second-order valence-electron chi connectivity index (χ2n) is 1.80. The smallest absolute Gasteiger partial charge is 0.248 e. The van der Waals surface area contributed by atoms with Gasteiger partial charge in [-0.05, 0) is 5.53 Å². The Hall–Kier alpha value is -1.26. The van der Waals surface area contributed by atoms with Gasteiger partial charge in [0.1, 0.15) is 0 Å². The zero-order valence-corrected chi connectivity index (χ0v) is 4.53. The first-order valence-electron chi connectivity index (χ1n) is 2.32. The summed E-state index contributed by atoms with van der Waals surface area (Å²) in [7, 11) is 0. The first-order valence-corrected chi connectivity index (χ1v) is 2.32. The van der Waals surface area contributed by atoms with E-state index in [0.717, 1.165) is 0 Å². The molecule has 0 aromatic carbocycles. The zero-order valence-electron chi connectivity index (χ0n) is 4.53. The van der Waals surface area contributed by atoms with Crippen molar-refractivity contribution in [3.63, 3.8) is 0 Å². The number of nitrogens with one attached hydrogen (secondary N) is 1. The lowest BCUT2D eigenvalue weighted by atomic mass is 10.1. The molecule has 0 bridgehead atoms. The Kier molecular flexibility index (Phi) is 1.05. The molecule has 6 nitrogen and oxygen atoms in total. The molecular formula is C3H5N5O. The highest BCUT2D eigenvalue weighted by molar-refractivity contribution is 5.91. The van der Waals surface area contributed by atoms with Crippen molar-refractivity contribution in [1.82, 2.24) is 5.32 Å². The van der Waals surface area contributed by atoms with Gasteiger partial charge < -0.3 is 11.1 Å². The number of carbonyl (C=O) groups is 1. The highest BCUT2D eigenvalue weighted by atomic mass is 16.2. The maximum atomic E-state index is 10.4. The summed E-state index contributed by atoms with van der Waals surface area (Å²) in [5.41, 5.74) is 11.8. The molecule has 1 fully saturated rings. The third-order valence-corrected chi connectivity index (χ3v) is 1.13. The molecule has 0 spiro atoms. The molecule has 9 heavy (non-hydrogen) atoms. The van der Waals surface area contributed by atoms with Gasteiger partial charge in [0.2, 0.25) is 5.91 Å². The molecule has 0 aliphatic carbocycles. The van der Waals surface area contributed by atoms with E-state index in [1.54, 1.807) is 0 Å². The predicted octanol–water partition coefficient (Wildman–Crippen LogP) is -0.919. The topological polar surface area (TPSA) is 104 Å². The second-order valence-corrected chi connectivity index (χ2v) is 1.80. The highest BCUT2D eigenvalue weighted by Crippen LogP contribution is 2.09. The number of hydrogen-bond donors (Lipinski definition) is 2. The van der Waals surface area contributed by atoms with Gasteiger partial charge in [0.15, 0.2) is 5.66 Å². The minimum Gasteiger partial charge on any atom is -0.352 e. The van der Waals surface area contributed by atoms with Gasteiger partial charge in [0, 0.05) is 4.91 Å². The van der Waals surface area contributed by atoms with Crippen LogP contribution in [0, 0.1) is 0 Å². The van der Waals surface area contributed by atoms with Crippen LogP contribution in [0.3, 0.4) is 0 Å². The van der Waals surface area contributed by atoms with Gasteiger partial charge in [-0.1, -0.05) is 5.11 Å². The summed E-state index contributed by atoms with van der Waals surface area (Å²) in [5.74, 6) is -0.416. The number of azide groups is 1. The van der Waals surface area contributed by atoms with Crippen LogP contribution >= 0.6 is 0 Å². The molecule has 1 atom stereocenters. The van der Waals surface area contributed by atoms with Crippen molar-refractivity contribution in [2.45, 2.75) is 5.66 Å². The van der Waals surface area contributed by atoms with Crippen LogP contribution in [-0.2, 0) is 4.79 Å². The van der Waals surface area contributed by atoms with Gasteiger partial charge in [-0.15, -0.1) is 0 Å². The van der Waals surface area contributed by atoms with E-state index in [1.165, 1.54) is 0 Å². The zero-order chi connectivity index (χ0) is 6.91. The van der Waals surface area contributed by atoms with Gasteiger partial charge in [-0.25, -0.2) is 0 Å². The van der Waals surface area contributed by atoms with E-state index in [4.69, 9.17) is 11.3 Å². The standard InChI is InChI=1S/C3H5N5O/c4-3(7-8-5)1-6-2(3)9/h1,4H2,(H,6,9)/t3-/m0/s1. The fraction of sp³-hybridized carbons (Fsp3) is 0.667. The van der Waals surface area contributed by atoms with Crippen molar-refractivity contribution in [3.8, 4) is 0 Å². The molecule has 1 amide bonds. The number of β-lactam (4-membered cyclic amide) rings is 1. The summed E-state index contributed by atoms with van der Waals surface area (Å²) in [6.07, 6.45) is 0. The van der Waals surface area contributed by atoms with Crippen molar-refractivity contribution in [1.29, 1.82) is 0 Å². The Labute approximate surface area is 50.6 Å². The van der Waals surface area contributed by atoms with Crippen LogP contribution in [0.1, 0.15) is 0 Å². The molecular weight excluding hydrogens is 122 g/mol. The van der Waals surface area contributed by atoms with Gasteiger partial charge in [0.25, 0.3) is 0 Å². The average Bonchev–Trinajstić information content (AvgIpc) is 1.86. The Morgan fingerprint density at radius 2 is 2.67 bits per heavy atom. The van der Waals surface area contributed by atoms with Crippen LogP contribution in [-0.4, -0.2) is 18.1 Å². The van der Waals surface area contributed by atoms with Crippen molar-refractivity contribution in [2.75, 3.05) is 6.54 Å². The number of nitrogens with zero attached hydrogens (tertiary/aromatic N) is 3. The van der Waals surface area contributed by atoms with Crippen molar-refractivity contribution >= 4 is 5.91 Å². The third kappa shape index (κ3) is 0.697. The molecule has 0 saturated carbocycles. The monoisotopic (exact) mass is 127 g/mol. The maximum absolute atomic E-state index is 10.4. The fourth-order valence-electron chi connectivity index (χ4n) is 0.502. The van der Waals surface area contributed by atoms with E-state index >= 15 is 0 Å². The molecule has 0 aromatic heterocycles. The van der Waals surface area contributed by atoms with Gasteiger partial charge in [-0.3, -0.25) is 4.79 Å². The maximum Gasteiger partial charge on any atom is 0.248 e. The third-order valence-electron chi connectivity index (χ3n) is 1.13. The molecule has 6 heteroatoms. The second kappa shape index (κ2) is 1.61. The van der Waals surface area contributed by atoms with E-state index in [2.05, 4.69) is 15.3 Å². The molecule has 0 unspecified atom stereocenters. The van der Waals surface area contributed by atoms with E-state index in [1.807, 2.05) is 0 Å². The summed E-state index contributed by atoms with van der Waals surface area (Å²) in [6, 6.07) is 0. The fourth-order valence-corrected chi connectivity index (χ4v) is 0.502. The molecule has 1 heterocycles. The molecule has 48 valence electrons. The summed E-state index contributed by atoms with van der Waals surface area (Å²) in [4.78, 5) is 12.9. The number of carbonyl (C=O) groups excluding carboxylic acids is 1. The summed E-state index contributed by atoms with van der Waals surface area (Å²) in [5, 5.41) is 5.44. The first-order chi connectivity index (χ1) is 4.19. The quantitative estimate of drug-likeness (QED) is 0.206. The van der Waals surface area contributed by atoms with Crippen LogP contribution in [0.15, 0.2) is 5.11 Å².